The lowest BCUT2D eigenvalue weighted by Crippen LogP contribution is -2.34. The summed E-state index contributed by atoms with van der Waals surface area (Å²) in [7, 11) is 1.59. The van der Waals surface area contributed by atoms with Gasteiger partial charge in [0.05, 0.1) is 32.8 Å². The van der Waals surface area contributed by atoms with Crippen LogP contribution in [0.5, 0.6) is 0 Å². The number of amidine groups is 1. The molecule has 0 aliphatic carbocycles. The van der Waals surface area contributed by atoms with E-state index in [1.54, 1.807) is 49.7 Å². The maximum Gasteiger partial charge on any atom is 0.435 e. The topological polar surface area (TPSA) is 155 Å². The Kier molecular flexibility index (Phi) is 17.2. The van der Waals surface area contributed by atoms with Gasteiger partial charge in [-0.2, -0.15) is 4.99 Å². The van der Waals surface area contributed by atoms with Gasteiger partial charge in [0.25, 0.3) is 5.91 Å². The van der Waals surface area contributed by atoms with Crippen molar-refractivity contribution in [1.82, 2.24) is 4.98 Å². The first-order valence-corrected chi connectivity index (χ1v) is 16.3. The minimum atomic E-state index is -0.687. The predicted molar refractivity (Wildman–Crippen MR) is 185 cm³/mol. The van der Waals surface area contributed by atoms with Crippen LogP contribution in [0.4, 0.5) is 16.3 Å². The fourth-order valence-corrected chi connectivity index (χ4v) is 4.58. The molecule has 2 aromatic carbocycles. The summed E-state index contributed by atoms with van der Waals surface area (Å²) in [6.45, 7) is 4.45. The molecule has 0 bridgehead atoms. The van der Waals surface area contributed by atoms with Gasteiger partial charge in [0.2, 0.25) is 0 Å². The maximum atomic E-state index is 13.6. The van der Waals surface area contributed by atoms with Crippen molar-refractivity contribution in [3.05, 3.63) is 89.6 Å². The first kappa shape index (κ1) is 37.6. The summed E-state index contributed by atoms with van der Waals surface area (Å²) < 4.78 is 20.6. The Labute approximate surface area is 282 Å². The number of amides is 2. The van der Waals surface area contributed by atoms with Crippen LogP contribution in [-0.4, -0.2) is 82.0 Å². The molecule has 3 aromatic rings. The average Bonchev–Trinajstić information content (AvgIpc) is 3.10. The molecule has 0 atom stereocenters. The predicted octanol–water partition coefficient (Wildman–Crippen LogP) is 5.40. The highest BCUT2D eigenvalue weighted by Gasteiger charge is 2.20. The number of carbonyl (C=O) groups excluding carboxylic acids is 3. The van der Waals surface area contributed by atoms with E-state index in [1.807, 2.05) is 30.3 Å². The first-order valence-electron chi connectivity index (χ1n) is 16.3. The molecule has 0 saturated carbocycles. The number of unbranched alkanes of at least 4 members (excludes halogenated alkanes) is 3. The van der Waals surface area contributed by atoms with Gasteiger partial charge >= 0.3 is 12.1 Å². The number of pyridine rings is 1. The molecule has 3 N–H and O–H groups in total. The fourth-order valence-electron chi connectivity index (χ4n) is 4.58. The van der Waals surface area contributed by atoms with E-state index >= 15 is 0 Å². The molecule has 0 aliphatic heterocycles. The number of carbonyl (C=O) groups is 3. The average molecular weight is 662 g/mol. The van der Waals surface area contributed by atoms with Gasteiger partial charge in [0, 0.05) is 43.2 Å². The number of nitrogens with two attached hydrogens (primary N) is 1. The zero-order chi connectivity index (χ0) is 34.4. The van der Waals surface area contributed by atoms with E-state index in [9.17, 15) is 14.4 Å². The van der Waals surface area contributed by atoms with Crippen molar-refractivity contribution >= 4 is 35.3 Å². The zero-order valence-corrected chi connectivity index (χ0v) is 27.9. The zero-order valence-electron chi connectivity index (χ0n) is 27.9. The Bertz CT molecular complexity index is 1430. The SMILES string of the molecule is CCCCCCOC(=O)/N=C(\N)c1ccc(NCCc2cccc(C(=O)N(CCC(=O)OCCOCCOC)c3ccccn3)c2)cc1. The van der Waals surface area contributed by atoms with Crippen LogP contribution in [0.3, 0.4) is 0 Å². The lowest BCUT2D eigenvalue weighted by molar-refractivity contribution is -0.145. The minimum absolute atomic E-state index is 0.00347. The molecule has 3 rings (SSSR count). The summed E-state index contributed by atoms with van der Waals surface area (Å²) in [5.74, 6) is -0.160. The third kappa shape index (κ3) is 13.9. The molecule has 1 aromatic heterocycles. The van der Waals surface area contributed by atoms with Crippen LogP contribution in [0.2, 0.25) is 0 Å². The van der Waals surface area contributed by atoms with E-state index < -0.39 is 12.1 Å². The number of aliphatic imine (C=N–C) groups is 1. The molecule has 0 unspecified atom stereocenters. The largest absolute Gasteiger partial charge is 0.463 e. The lowest BCUT2D eigenvalue weighted by Gasteiger charge is -2.22. The summed E-state index contributed by atoms with van der Waals surface area (Å²) in [5.41, 5.74) is 8.94. The Morgan fingerprint density at radius 2 is 1.69 bits per heavy atom. The van der Waals surface area contributed by atoms with E-state index in [4.69, 9.17) is 24.7 Å². The Balaban J connectivity index is 1.52. The molecule has 12 heteroatoms. The van der Waals surface area contributed by atoms with E-state index in [0.717, 1.165) is 36.9 Å². The van der Waals surface area contributed by atoms with Crippen LogP contribution >= 0.6 is 0 Å². The summed E-state index contributed by atoms with van der Waals surface area (Å²) in [6.07, 6.45) is 5.61. The number of methoxy groups -OCH3 is 1. The second-order valence-corrected chi connectivity index (χ2v) is 10.8. The highest BCUT2D eigenvalue weighted by atomic mass is 16.6. The normalized spacial score (nSPS) is 11.2. The van der Waals surface area contributed by atoms with Crippen molar-refractivity contribution < 1.29 is 33.3 Å². The van der Waals surface area contributed by atoms with E-state index in [-0.39, 0.29) is 37.9 Å². The van der Waals surface area contributed by atoms with Crippen molar-refractivity contribution in [1.29, 1.82) is 0 Å². The fraction of sp³-hybridized carbons (Fsp3) is 0.417. The van der Waals surface area contributed by atoms with E-state index in [0.29, 0.717) is 49.7 Å². The van der Waals surface area contributed by atoms with Crippen LogP contribution in [0.1, 0.15) is 60.5 Å². The Morgan fingerprint density at radius 1 is 0.875 bits per heavy atom. The number of nitrogens with zero attached hydrogens (tertiary/aromatic N) is 3. The molecule has 258 valence electrons. The standard InChI is InChI=1S/C36H47N5O7/c1-3-4-5-8-22-48-36(44)40-34(37)29-13-15-31(16-14-29)38-20-17-28-10-9-11-30(27-28)35(43)41(32-12-6-7-19-39-32)21-18-33(42)47-26-25-46-24-23-45-2/h6-7,9-16,19,27,38H,3-5,8,17-18,20-26H2,1-2H3,(H2,37,40,44). The smallest absolute Gasteiger partial charge is 0.435 e. The van der Waals surface area contributed by atoms with Crippen LogP contribution in [0, 0.1) is 0 Å². The van der Waals surface area contributed by atoms with Gasteiger partial charge in [0.1, 0.15) is 18.3 Å². The summed E-state index contributed by atoms with van der Waals surface area (Å²) in [4.78, 5) is 47.6. The molecule has 0 saturated heterocycles. The summed E-state index contributed by atoms with van der Waals surface area (Å²) in [5, 5.41) is 3.36. The third-order valence-electron chi connectivity index (χ3n) is 7.17. The molecular formula is C36H47N5O7. The quantitative estimate of drug-likeness (QED) is 0.0656. The van der Waals surface area contributed by atoms with Crippen molar-refractivity contribution in [3.8, 4) is 0 Å². The van der Waals surface area contributed by atoms with Gasteiger partial charge in [-0.3, -0.25) is 14.5 Å². The maximum absolute atomic E-state index is 13.6. The van der Waals surface area contributed by atoms with Crippen LogP contribution in [0.15, 0.2) is 77.9 Å². The number of benzene rings is 2. The monoisotopic (exact) mass is 661 g/mol. The summed E-state index contributed by atoms with van der Waals surface area (Å²) >= 11 is 0. The molecule has 2 amide bonds. The van der Waals surface area contributed by atoms with Gasteiger partial charge in [-0.15, -0.1) is 0 Å². The van der Waals surface area contributed by atoms with Crippen molar-refractivity contribution in [2.24, 2.45) is 10.7 Å². The number of nitrogens with one attached hydrogen (secondary N) is 1. The summed E-state index contributed by atoms with van der Waals surface area (Å²) in [6, 6.07) is 20.0. The second kappa shape index (κ2) is 21.9. The first-order chi connectivity index (χ1) is 23.4. The number of ether oxygens (including phenoxy) is 4. The molecule has 0 spiro atoms. The van der Waals surface area contributed by atoms with Gasteiger partial charge in [-0.05, 0) is 66.9 Å². The van der Waals surface area contributed by atoms with Crippen molar-refractivity contribution in [2.75, 3.05) is 63.5 Å². The highest BCUT2D eigenvalue weighted by molar-refractivity contribution is 6.06. The molecule has 48 heavy (non-hydrogen) atoms. The van der Waals surface area contributed by atoms with E-state index in [1.165, 1.54) is 4.90 Å². The molecular weight excluding hydrogens is 614 g/mol. The lowest BCUT2D eigenvalue weighted by atomic mass is 10.1. The number of aromatic nitrogens is 1. The molecule has 0 fully saturated rings. The van der Waals surface area contributed by atoms with Crippen molar-refractivity contribution in [3.63, 3.8) is 0 Å². The minimum Gasteiger partial charge on any atom is -0.463 e. The second-order valence-electron chi connectivity index (χ2n) is 10.8. The van der Waals surface area contributed by atoms with Gasteiger partial charge in [-0.25, -0.2) is 9.78 Å². The number of anilines is 2. The van der Waals surface area contributed by atoms with Crippen LogP contribution in [0.25, 0.3) is 0 Å². The van der Waals surface area contributed by atoms with Crippen molar-refractivity contribution in [2.45, 2.75) is 45.4 Å². The molecule has 0 aliphatic rings. The van der Waals surface area contributed by atoms with Crippen LogP contribution in [-0.2, 0) is 30.2 Å². The number of hydrogen-bond donors (Lipinski definition) is 2. The molecule has 1 heterocycles. The molecule has 0 radical (unpaired) electrons. The third-order valence-corrected chi connectivity index (χ3v) is 7.17. The highest BCUT2D eigenvalue weighted by Crippen LogP contribution is 2.17. The number of hydrogen-bond acceptors (Lipinski definition) is 9. The van der Waals surface area contributed by atoms with Crippen LogP contribution < -0.4 is 16.0 Å². The number of esters is 1. The van der Waals surface area contributed by atoms with Gasteiger partial charge in [0.15, 0.2) is 0 Å². The Hall–Kier alpha value is -4.81. The Morgan fingerprint density at radius 3 is 2.44 bits per heavy atom. The van der Waals surface area contributed by atoms with Gasteiger partial charge in [-0.1, -0.05) is 44.4 Å². The van der Waals surface area contributed by atoms with Gasteiger partial charge < -0.3 is 30.0 Å². The number of rotatable bonds is 21. The molecule has 12 nitrogen and oxygen atoms in total. The van der Waals surface area contributed by atoms with E-state index in [2.05, 4.69) is 22.2 Å².